The molecule has 1 atom stereocenters. The van der Waals surface area contributed by atoms with E-state index in [1.165, 1.54) is 41.4 Å². The summed E-state index contributed by atoms with van der Waals surface area (Å²) in [6.07, 6.45) is 5.12. The van der Waals surface area contributed by atoms with Crippen LogP contribution in [0.15, 0.2) is 56.6 Å². The molecule has 7 nitrogen and oxygen atoms in total. The Morgan fingerprint density at radius 2 is 1.73 bits per heavy atom. The number of hydrogen-bond donors (Lipinski definition) is 0. The number of esters is 2. The molecular formula is C27H29NO6S3. The summed E-state index contributed by atoms with van der Waals surface area (Å²) in [5.74, 6) is -0.392. The normalized spacial score (nSPS) is 21.8. The first-order chi connectivity index (χ1) is 17.6. The monoisotopic (exact) mass is 559 g/mol. The molecule has 0 bridgehead atoms. The lowest BCUT2D eigenvalue weighted by Gasteiger charge is -2.49. The fraction of sp³-hybridized carbons (Fsp3) is 0.370. The molecule has 37 heavy (non-hydrogen) atoms. The number of carbonyl (C=O) groups is 3. The topological polar surface area (TPSA) is 82.1 Å². The van der Waals surface area contributed by atoms with E-state index in [4.69, 9.17) is 14.2 Å². The molecule has 0 radical (unpaired) electrons. The highest BCUT2D eigenvalue weighted by atomic mass is 32.2. The molecule has 0 aliphatic carbocycles. The van der Waals surface area contributed by atoms with Crippen molar-refractivity contribution in [1.82, 2.24) is 0 Å². The molecule has 0 aromatic heterocycles. The first-order valence-corrected chi connectivity index (χ1v) is 14.4. The van der Waals surface area contributed by atoms with Gasteiger partial charge in [-0.05, 0) is 70.4 Å². The third kappa shape index (κ3) is 4.75. The third-order valence-electron chi connectivity index (χ3n) is 6.02. The maximum atomic E-state index is 13.4. The second kappa shape index (κ2) is 10.7. The zero-order valence-corrected chi connectivity index (χ0v) is 24.0. The van der Waals surface area contributed by atoms with Crippen molar-refractivity contribution in [2.24, 2.45) is 0 Å². The van der Waals surface area contributed by atoms with Crippen LogP contribution < -0.4 is 9.64 Å². The van der Waals surface area contributed by atoms with Crippen molar-refractivity contribution in [1.29, 1.82) is 0 Å². The van der Waals surface area contributed by atoms with Crippen LogP contribution in [0.25, 0.3) is 5.57 Å². The van der Waals surface area contributed by atoms with Crippen molar-refractivity contribution in [3.05, 3.63) is 62.1 Å². The molecule has 1 spiro atoms. The SMILES string of the molecule is C/C=C/C(=O)N1c2ccc(OC)cc2C2=C(SC(C(=O)OCC)=C[C@]23SC=C(C(=O)OCC)S3)C1(C)C. The van der Waals surface area contributed by atoms with Gasteiger partial charge >= 0.3 is 11.9 Å². The molecule has 0 N–H and O–H groups in total. The van der Waals surface area contributed by atoms with E-state index in [2.05, 4.69) is 0 Å². The summed E-state index contributed by atoms with van der Waals surface area (Å²) in [7, 11) is 1.59. The average molecular weight is 560 g/mol. The molecule has 10 heteroatoms. The summed E-state index contributed by atoms with van der Waals surface area (Å²) in [5.41, 5.74) is 1.63. The Kier molecular flexibility index (Phi) is 7.92. The van der Waals surface area contributed by atoms with Gasteiger partial charge in [0.15, 0.2) is 0 Å². The van der Waals surface area contributed by atoms with Crippen molar-refractivity contribution in [2.75, 3.05) is 25.2 Å². The number of methoxy groups -OCH3 is 1. The Morgan fingerprint density at radius 1 is 1.05 bits per heavy atom. The fourth-order valence-electron chi connectivity index (χ4n) is 4.51. The Morgan fingerprint density at radius 3 is 2.35 bits per heavy atom. The molecule has 3 aliphatic rings. The predicted molar refractivity (Wildman–Crippen MR) is 151 cm³/mol. The van der Waals surface area contributed by atoms with Crippen LogP contribution in [0.4, 0.5) is 5.69 Å². The summed E-state index contributed by atoms with van der Waals surface area (Å²) >= 11 is 4.09. The maximum Gasteiger partial charge on any atom is 0.345 e. The fourth-order valence-corrected chi connectivity index (χ4v) is 8.89. The molecule has 0 saturated heterocycles. The van der Waals surface area contributed by atoms with E-state index in [0.29, 0.717) is 15.6 Å². The summed E-state index contributed by atoms with van der Waals surface area (Å²) in [4.78, 5) is 42.6. The number of thioether (sulfide) groups is 3. The van der Waals surface area contributed by atoms with Crippen molar-refractivity contribution in [3.63, 3.8) is 0 Å². The van der Waals surface area contributed by atoms with Gasteiger partial charge in [-0.2, -0.15) is 0 Å². The minimum atomic E-state index is -0.848. The Hall–Kier alpha value is -2.56. The van der Waals surface area contributed by atoms with Gasteiger partial charge in [0, 0.05) is 16.0 Å². The second-order valence-corrected chi connectivity index (χ2v) is 12.5. The van der Waals surface area contributed by atoms with Crippen LogP contribution in [0, 0.1) is 0 Å². The van der Waals surface area contributed by atoms with Crippen LogP contribution in [0.3, 0.4) is 0 Å². The minimum absolute atomic E-state index is 0.176. The van der Waals surface area contributed by atoms with Crippen LogP contribution in [0.5, 0.6) is 5.75 Å². The third-order valence-corrected chi connectivity index (χ3v) is 10.3. The molecule has 196 valence electrons. The van der Waals surface area contributed by atoms with E-state index < -0.39 is 21.6 Å². The van der Waals surface area contributed by atoms with Crippen molar-refractivity contribution < 1.29 is 28.6 Å². The summed E-state index contributed by atoms with van der Waals surface area (Å²) in [6.45, 7) is 9.76. The van der Waals surface area contributed by atoms with Crippen LogP contribution in [0.1, 0.15) is 40.2 Å². The number of ether oxygens (including phenoxy) is 3. The van der Waals surface area contributed by atoms with E-state index in [1.54, 1.807) is 44.3 Å². The molecular weight excluding hydrogens is 530 g/mol. The lowest BCUT2D eigenvalue weighted by Crippen LogP contribution is -2.52. The molecule has 0 unspecified atom stereocenters. The van der Waals surface area contributed by atoms with E-state index >= 15 is 0 Å². The van der Waals surface area contributed by atoms with Crippen molar-refractivity contribution in [3.8, 4) is 5.75 Å². The number of hydrogen-bond acceptors (Lipinski definition) is 9. The van der Waals surface area contributed by atoms with Crippen LogP contribution in [0.2, 0.25) is 0 Å². The van der Waals surface area contributed by atoms with Crippen LogP contribution >= 0.6 is 35.3 Å². The Labute approximate surface area is 229 Å². The van der Waals surface area contributed by atoms with Gasteiger partial charge < -0.3 is 14.2 Å². The van der Waals surface area contributed by atoms with E-state index in [-0.39, 0.29) is 19.1 Å². The summed E-state index contributed by atoms with van der Waals surface area (Å²) < 4.78 is 15.4. The van der Waals surface area contributed by atoms with Crippen molar-refractivity contribution in [2.45, 2.75) is 44.2 Å². The zero-order valence-electron chi connectivity index (χ0n) is 21.6. The number of carbonyl (C=O) groups excluding carboxylic acids is 3. The molecule has 4 rings (SSSR count). The van der Waals surface area contributed by atoms with Gasteiger partial charge in [-0.25, -0.2) is 9.59 Å². The van der Waals surface area contributed by atoms with Gasteiger partial charge in [-0.3, -0.25) is 9.69 Å². The van der Waals surface area contributed by atoms with E-state index in [9.17, 15) is 14.4 Å². The lowest BCUT2D eigenvalue weighted by atomic mass is 9.85. The maximum absolute atomic E-state index is 13.4. The van der Waals surface area contributed by atoms with Gasteiger partial charge in [0.25, 0.3) is 5.91 Å². The van der Waals surface area contributed by atoms with Crippen molar-refractivity contribution >= 4 is 64.4 Å². The second-order valence-electron chi connectivity index (χ2n) is 8.74. The lowest BCUT2D eigenvalue weighted by molar-refractivity contribution is -0.138. The number of allylic oxidation sites excluding steroid dienone is 1. The predicted octanol–water partition coefficient (Wildman–Crippen LogP) is 5.88. The Balaban J connectivity index is 1.98. The van der Waals surface area contributed by atoms with Crippen LogP contribution in [-0.4, -0.2) is 47.8 Å². The average Bonchev–Trinajstić information content (AvgIpc) is 3.28. The van der Waals surface area contributed by atoms with Gasteiger partial charge in [-0.1, -0.05) is 29.6 Å². The van der Waals surface area contributed by atoms with E-state index in [1.807, 2.05) is 38.1 Å². The summed E-state index contributed by atoms with van der Waals surface area (Å²) in [5, 5.41) is 1.78. The molecule has 1 aromatic carbocycles. The van der Waals surface area contributed by atoms with Gasteiger partial charge in [0.2, 0.25) is 0 Å². The zero-order chi connectivity index (χ0) is 27.0. The molecule has 3 aliphatic heterocycles. The highest BCUT2D eigenvalue weighted by Gasteiger charge is 2.54. The Bertz CT molecular complexity index is 1280. The first-order valence-electron chi connectivity index (χ1n) is 11.9. The smallest absolute Gasteiger partial charge is 0.345 e. The molecule has 1 amide bonds. The van der Waals surface area contributed by atoms with Gasteiger partial charge in [0.1, 0.15) is 14.7 Å². The number of benzene rings is 1. The quantitative estimate of drug-likeness (QED) is 0.313. The minimum Gasteiger partial charge on any atom is -0.497 e. The number of amides is 1. The largest absolute Gasteiger partial charge is 0.497 e. The molecule has 1 aromatic rings. The van der Waals surface area contributed by atoms with Gasteiger partial charge in [0.05, 0.1) is 36.5 Å². The highest BCUT2D eigenvalue weighted by molar-refractivity contribution is 8.25. The number of fused-ring (bicyclic) bond motifs is 3. The molecule has 0 saturated carbocycles. The standard InChI is InChI=1S/C27H29NO6S3/c1-7-10-21(29)28-18-12-11-16(32-6)13-17(18)22-23(26(28,4)5)36-19(24(30)33-8-2)14-27(22)35-15-20(37-27)25(31)34-9-3/h7,10-15H,8-9H2,1-6H3/b10-7+/t27-/m1/s1. The number of anilines is 1. The highest BCUT2D eigenvalue weighted by Crippen LogP contribution is 2.66. The van der Waals surface area contributed by atoms with Gasteiger partial charge in [-0.15, -0.1) is 11.8 Å². The number of rotatable bonds is 6. The number of nitrogens with zero attached hydrogens (tertiary/aromatic N) is 1. The first kappa shape index (κ1) is 27.5. The molecule has 0 fully saturated rings. The summed E-state index contributed by atoms with van der Waals surface area (Å²) in [6, 6.07) is 5.62. The van der Waals surface area contributed by atoms with Crippen LogP contribution in [-0.2, 0) is 23.9 Å². The van der Waals surface area contributed by atoms with E-state index in [0.717, 1.165) is 21.7 Å². The molecule has 3 heterocycles.